The van der Waals surface area contributed by atoms with Gasteiger partial charge in [-0.2, -0.15) is 0 Å². The van der Waals surface area contributed by atoms with Crippen LogP contribution in [0.3, 0.4) is 0 Å². The van der Waals surface area contributed by atoms with Crippen LogP contribution in [0.25, 0.3) is 57.5 Å². The summed E-state index contributed by atoms with van der Waals surface area (Å²) in [7, 11) is 0. The first-order chi connectivity index (χ1) is 16.9. The third-order valence-electron chi connectivity index (χ3n) is 5.77. The quantitative estimate of drug-likeness (QED) is 0.162. The number of hydrogen-bond donors (Lipinski definition) is 2. The Morgan fingerprint density at radius 1 is 0.528 bits per heavy atom. The second kappa shape index (κ2) is 10.5. The Kier molecular flexibility index (Phi) is 7.67. The second-order valence-corrected chi connectivity index (χ2v) is 12.0. The Hall–Kier alpha value is -1.26. The standard InChI is InChI=1S/C26H13Br5N4.Fe/c27-13-3-1-12(2-4-13)14-11-21-24(30)19-8-7-17(33-19)22(28)15-5-6-16(32-15)23(29)18-9-10-20(34-18)25(31)26(14)35-21;/h1-11,33,35H;/q;+3. The first kappa shape index (κ1) is 26.4. The van der Waals surface area contributed by atoms with Crippen molar-refractivity contribution in [3.05, 3.63) is 87.6 Å². The van der Waals surface area contributed by atoms with Gasteiger partial charge in [0.25, 0.3) is 0 Å². The number of hydrogen-bond acceptors (Lipinski definition) is 2. The van der Waals surface area contributed by atoms with Crippen molar-refractivity contribution in [1.82, 2.24) is 19.9 Å². The number of nitrogens with one attached hydrogen (secondary N) is 2. The number of nitrogens with zero attached hydrogens (tertiary/aromatic N) is 2. The fraction of sp³-hybridized carbons (Fsp3) is 0. The minimum atomic E-state index is 0. The van der Waals surface area contributed by atoms with E-state index in [1.807, 2.05) is 48.6 Å². The van der Waals surface area contributed by atoms with Gasteiger partial charge in [-0.05, 0) is 124 Å². The maximum atomic E-state index is 4.89. The van der Waals surface area contributed by atoms with Crippen molar-refractivity contribution in [1.29, 1.82) is 0 Å². The molecule has 0 fully saturated rings. The smallest absolute Gasteiger partial charge is 0.354 e. The molecule has 8 bridgehead atoms. The molecule has 2 N–H and O–H groups in total. The van der Waals surface area contributed by atoms with E-state index in [1.165, 1.54) is 0 Å². The van der Waals surface area contributed by atoms with Crippen molar-refractivity contribution in [2.45, 2.75) is 0 Å². The number of aromatic nitrogens is 4. The van der Waals surface area contributed by atoms with Crippen LogP contribution in [-0.2, 0) is 17.1 Å². The molecule has 4 aromatic rings. The molecule has 0 saturated heterocycles. The molecule has 0 amide bonds. The first-order valence-electron chi connectivity index (χ1n) is 10.5. The maximum Gasteiger partial charge on any atom is 3.00 e. The van der Waals surface area contributed by atoms with Crippen molar-refractivity contribution in [3.63, 3.8) is 0 Å². The fourth-order valence-electron chi connectivity index (χ4n) is 4.01. The average molecular weight is 837 g/mol. The number of benzene rings is 1. The molecule has 10 heteroatoms. The Labute approximate surface area is 259 Å². The van der Waals surface area contributed by atoms with Gasteiger partial charge in [-0.25, -0.2) is 9.97 Å². The van der Waals surface area contributed by atoms with Crippen LogP contribution in [0, 0.1) is 0 Å². The van der Waals surface area contributed by atoms with E-state index >= 15 is 0 Å². The van der Waals surface area contributed by atoms with Crippen molar-refractivity contribution in [2.75, 3.05) is 0 Å². The van der Waals surface area contributed by atoms with Crippen LogP contribution in [0.1, 0.15) is 22.8 Å². The molecule has 0 saturated carbocycles. The predicted molar refractivity (Wildman–Crippen MR) is 163 cm³/mol. The Balaban J connectivity index is 0.00000267. The van der Waals surface area contributed by atoms with E-state index in [0.29, 0.717) is 0 Å². The van der Waals surface area contributed by atoms with Gasteiger partial charge in [0, 0.05) is 10.0 Å². The van der Waals surface area contributed by atoms with E-state index in [9.17, 15) is 0 Å². The summed E-state index contributed by atoms with van der Waals surface area (Å²) in [6, 6.07) is 14.5. The first-order valence-corrected chi connectivity index (χ1v) is 14.4. The van der Waals surface area contributed by atoms with Gasteiger partial charge in [-0.15, -0.1) is 0 Å². The summed E-state index contributed by atoms with van der Waals surface area (Å²) < 4.78 is 4.56. The summed E-state index contributed by atoms with van der Waals surface area (Å²) in [5.41, 5.74) is 9.24. The molecular weight excluding hydrogens is 824 g/mol. The van der Waals surface area contributed by atoms with Crippen LogP contribution in [0.5, 0.6) is 0 Å². The van der Waals surface area contributed by atoms with Gasteiger partial charge in [-0.1, -0.05) is 28.1 Å². The zero-order chi connectivity index (χ0) is 24.3. The van der Waals surface area contributed by atoms with E-state index in [1.54, 1.807) is 0 Å². The van der Waals surface area contributed by atoms with E-state index in [4.69, 9.17) is 9.97 Å². The Morgan fingerprint density at radius 2 is 1.06 bits per heavy atom. The van der Waals surface area contributed by atoms with Gasteiger partial charge in [0.05, 0.1) is 62.7 Å². The molecule has 4 nitrogen and oxygen atoms in total. The third kappa shape index (κ3) is 4.70. The molecule has 5 heterocycles. The SMILES string of the molecule is Brc1ccc(-c2cc3[nH]c2c(Br)c2nc(c(Br)c4nc(c(Br)c5ccc([nH]5)c3Br)C=C4)C=C2)cc1.[Fe+3]. The molecular formula is C26H13Br5FeN4+3. The zero-order valence-electron chi connectivity index (χ0n) is 18.0. The molecule has 2 aliphatic heterocycles. The molecule has 3 aromatic heterocycles. The van der Waals surface area contributed by atoms with Crippen LogP contribution < -0.4 is 0 Å². The molecule has 0 atom stereocenters. The Morgan fingerprint density at radius 3 is 1.67 bits per heavy atom. The van der Waals surface area contributed by atoms with Crippen molar-refractivity contribution in [3.8, 4) is 11.1 Å². The van der Waals surface area contributed by atoms with Crippen LogP contribution in [0.4, 0.5) is 0 Å². The summed E-state index contributed by atoms with van der Waals surface area (Å²) >= 11 is 18.6. The average Bonchev–Trinajstić information content (AvgIpc) is 3.68. The Bertz CT molecular complexity index is 1750. The van der Waals surface area contributed by atoms with E-state index in [0.717, 1.165) is 78.3 Å². The minimum Gasteiger partial charge on any atom is -0.354 e. The summed E-state index contributed by atoms with van der Waals surface area (Å²) in [6.07, 6.45) is 7.98. The van der Waals surface area contributed by atoms with Gasteiger partial charge < -0.3 is 9.97 Å². The summed E-state index contributed by atoms with van der Waals surface area (Å²) in [6.45, 7) is 0. The summed E-state index contributed by atoms with van der Waals surface area (Å²) in [4.78, 5) is 16.8. The van der Waals surface area contributed by atoms with Gasteiger partial charge in [0.1, 0.15) is 0 Å². The van der Waals surface area contributed by atoms with E-state index < -0.39 is 0 Å². The van der Waals surface area contributed by atoms with Crippen molar-refractivity contribution < 1.29 is 17.1 Å². The molecule has 1 aromatic carbocycles. The third-order valence-corrected chi connectivity index (χ3v) is 9.60. The molecule has 0 aliphatic carbocycles. The van der Waals surface area contributed by atoms with Crippen LogP contribution >= 0.6 is 79.6 Å². The largest absolute Gasteiger partial charge is 3.00 e. The number of halogens is 5. The monoisotopic (exact) mass is 832 g/mol. The molecule has 36 heavy (non-hydrogen) atoms. The predicted octanol–water partition coefficient (Wildman–Crippen LogP) is 10.1. The molecule has 6 rings (SSSR count). The summed E-state index contributed by atoms with van der Waals surface area (Å²) in [5.74, 6) is 0. The van der Waals surface area contributed by atoms with E-state index in [-0.39, 0.29) is 17.1 Å². The molecule has 0 spiro atoms. The summed E-state index contributed by atoms with van der Waals surface area (Å²) in [5, 5.41) is 0. The van der Waals surface area contributed by atoms with Gasteiger partial charge in [-0.3, -0.25) is 0 Å². The van der Waals surface area contributed by atoms with Crippen molar-refractivity contribution >= 4 is 126 Å². The molecule has 177 valence electrons. The topological polar surface area (TPSA) is 57.4 Å². The van der Waals surface area contributed by atoms with Crippen LogP contribution in [0.15, 0.2) is 64.8 Å². The number of H-pyrrole nitrogens is 2. The molecule has 0 unspecified atom stereocenters. The normalized spacial score (nSPS) is 12.1. The van der Waals surface area contributed by atoms with E-state index in [2.05, 4.69) is 108 Å². The van der Waals surface area contributed by atoms with Gasteiger partial charge in [0.2, 0.25) is 0 Å². The number of aromatic amines is 2. The van der Waals surface area contributed by atoms with Gasteiger partial charge in [0.15, 0.2) is 0 Å². The minimum absolute atomic E-state index is 0. The zero-order valence-corrected chi connectivity index (χ0v) is 27.0. The molecule has 1 radical (unpaired) electrons. The van der Waals surface area contributed by atoms with Crippen LogP contribution in [-0.4, -0.2) is 19.9 Å². The second-order valence-electron chi connectivity index (χ2n) is 7.95. The van der Waals surface area contributed by atoms with Gasteiger partial charge >= 0.3 is 17.1 Å². The van der Waals surface area contributed by atoms with Crippen LogP contribution in [0.2, 0.25) is 0 Å². The number of rotatable bonds is 1. The number of fused-ring (bicyclic) bond motifs is 8. The maximum absolute atomic E-state index is 4.89. The fourth-order valence-corrected chi connectivity index (χ4v) is 6.15. The van der Waals surface area contributed by atoms with Crippen molar-refractivity contribution in [2.24, 2.45) is 0 Å². The molecule has 2 aliphatic rings.